The summed E-state index contributed by atoms with van der Waals surface area (Å²) in [5, 5.41) is 0. The van der Waals surface area contributed by atoms with Gasteiger partial charge in [0.1, 0.15) is 0 Å². The number of nitrogens with one attached hydrogen (secondary N) is 1. The summed E-state index contributed by atoms with van der Waals surface area (Å²) in [5.74, 6) is 6.31. The van der Waals surface area contributed by atoms with E-state index >= 15 is 0 Å². The number of pyridine rings is 1. The highest BCUT2D eigenvalue weighted by Crippen LogP contribution is 2.46. The minimum Gasteiger partial charge on any atom is -0.375 e. The summed E-state index contributed by atoms with van der Waals surface area (Å²) in [7, 11) is 0. The van der Waals surface area contributed by atoms with Gasteiger partial charge in [-0.3, -0.25) is 16.3 Å². The Balaban J connectivity index is 1.75. The van der Waals surface area contributed by atoms with Crippen LogP contribution in [0.25, 0.3) is 0 Å². The second-order valence-corrected chi connectivity index (χ2v) is 5.57. The fraction of sp³-hybridized carbons (Fsp3) is 0.643. The number of hydrazine groups is 1. The van der Waals surface area contributed by atoms with Crippen molar-refractivity contribution in [1.29, 1.82) is 0 Å². The zero-order valence-corrected chi connectivity index (χ0v) is 10.6. The van der Waals surface area contributed by atoms with Crippen molar-refractivity contribution in [2.45, 2.75) is 43.7 Å². The Morgan fingerprint density at radius 1 is 1.50 bits per heavy atom. The molecular weight excluding hydrogens is 226 g/mol. The van der Waals surface area contributed by atoms with Crippen molar-refractivity contribution < 1.29 is 4.74 Å². The quantitative estimate of drug-likeness (QED) is 0.633. The van der Waals surface area contributed by atoms with Crippen LogP contribution in [-0.4, -0.2) is 17.2 Å². The zero-order valence-electron chi connectivity index (χ0n) is 10.6. The summed E-state index contributed by atoms with van der Waals surface area (Å²) in [5.41, 5.74) is 4.33. The topological polar surface area (TPSA) is 60.2 Å². The molecule has 1 aliphatic heterocycles. The van der Waals surface area contributed by atoms with Crippen molar-refractivity contribution in [3.05, 3.63) is 30.1 Å². The molecule has 0 bridgehead atoms. The van der Waals surface area contributed by atoms with E-state index in [1.54, 1.807) is 6.20 Å². The van der Waals surface area contributed by atoms with Gasteiger partial charge in [-0.15, -0.1) is 0 Å². The summed E-state index contributed by atoms with van der Waals surface area (Å²) in [6.07, 6.45) is 9.65. The molecule has 3 N–H and O–H groups in total. The average molecular weight is 247 g/mol. The molecule has 2 aliphatic rings. The molecule has 1 saturated carbocycles. The molecule has 2 fully saturated rings. The lowest BCUT2D eigenvalue weighted by molar-refractivity contribution is -0.147. The molecule has 4 nitrogen and oxygen atoms in total. The Bertz CT molecular complexity index is 391. The van der Waals surface area contributed by atoms with Crippen molar-refractivity contribution >= 4 is 0 Å². The van der Waals surface area contributed by atoms with Gasteiger partial charge in [0.15, 0.2) is 0 Å². The third-order valence-corrected chi connectivity index (χ3v) is 4.49. The van der Waals surface area contributed by atoms with Crippen LogP contribution >= 0.6 is 0 Å². The lowest BCUT2D eigenvalue weighted by Gasteiger charge is -2.48. The normalized spacial score (nSPS) is 27.7. The van der Waals surface area contributed by atoms with Gasteiger partial charge in [-0.05, 0) is 49.7 Å². The van der Waals surface area contributed by atoms with E-state index in [0.29, 0.717) is 5.92 Å². The van der Waals surface area contributed by atoms with Gasteiger partial charge in [0.05, 0.1) is 11.6 Å². The third kappa shape index (κ3) is 2.16. The molecule has 0 amide bonds. The van der Waals surface area contributed by atoms with E-state index in [1.165, 1.54) is 24.8 Å². The highest BCUT2D eigenvalue weighted by molar-refractivity contribution is 5.15. The second-order valence-electron chi connectivity index (χ2n) is 5.57. The minimum absolute atomic E-state index is 0.167. The van der Waals surface area contributed by atoms with Gasteiger partial charge in [-0.25, -0.2) is 0 Å². The number of aromatic nitrogens is 1. The van der Waals surface area contributed by atoms with Crippen molar-refractivity contribution in [3.8, 4) is 0 Å². The minimum atomic E-state index is 0.167. The standard InChI is InChI=1S/C14H21N3O/c15-17-13(12-3-1-7-16-10-12)11-4-8-18-14(9-11)5-2-6-14/h1,3,7,10-11,13,17H,2,4-6,8-9,15H2. The molecule has 1 aromatic heterocycles. The lowest BCUT2D eigenvalue weighted by atomic mass is 9.70. The van der Waals surface area contributed by atoms with Crippen molar-refractivity contribution in [3.63, 3.8) is 0 Å². The Labute approximate surface area is 108 Å². The highest BCUT2D eigenvalue weighted by atomic mass is 16.5. The molecule has 0 aromatic carbocycles. The number of hydrogen-bond donors (Lipinski definition) is 2. The molecule has 1 spiro atoms. The van der Waals surface area contributed by atoms with Gasteiger partial charge in [0.25, 0.3) is 0 Å². The monoisotopic (exact) mass is 247 g/mol. The first-order valence-corrected chi connectivity index (χ1v) is 6.83. The van der Waals surface area contributed by atoms with E-state index in [4.69, 9.17) is 10.6 Å². The Kier molecular flexibility index (Phi) is 3.33. The van der Waals surface area contributed by atoms with Gasteiger partial charge in [-0.2, -0.15) is 0 Å². The molecule has 2 atom stereocenters. The molecule has 4 heteroatoms. The molecule has 18 heavy (non-hydrogen) atoms. The van der Waals surface area contributed by atoms with Crippen LogP contribution in [0.3, 0.4) is 0 Å². The van der Waals surface area contributed by atoms with Crippen molar-refractivity contribution in [2.24, 2.45) is 11.8 Å². The lowest BCUT2D eigenvalue weighted by Crippen LogP contribution is -2.48. The summed E-state index contributed by atoms with van der Waals surface area (Å²) < 4.78 is 5.98. The molecule has 3 rings (SSSR count). The first kappa shape index (κ1) is 12.1. The number of nitrogens with zero attached hydrogens (tertiary/aromatic N) is 1. The Hall–Kier alpha value is -0.970. The van der Waals surface area contributed by atoms with Crippen LogP contribution in [0.15, 0.2) is 24.5 Å². The van der Waals surface area contributed by atoms with Gasteiger partial charge in [-0.1, -0.05) is 6.07 Å². The number of ether oxygens (including phenoxy) is 1. The first-order chi connectivity index (χ1) is 8.83. The van der Waals surface area contributed by atoms with E-state index in [0.717, 1.165) is 19.4 Å². The smallest absolute Gasteiger partial charge is 0.0686 e. The van der Waals surface area contributed by atoms with E-state index in [1.807, 2.05) is 12.3 Å². The maximum Gasteiger partial charge on any atom is 0.0686 e. The maximum atomic E-state index is 5.98. The maximum absolute atomic E-state index is 5.98. The zero-order chi connectivity index (χ0) is 12.4. The van der Waals surface area contributed by atoms with Crippen LogP contribution in [-0.2, 0) is 4.74 Å². The molecule has 1 saturated heterocycles. The van der Waals surface area contributed by atoms with Crippen LogP contribution in [0, 0.1) is 5.92 Å². The first-order valence-electron chi connectivity index (χ1n) is 6.83. The molecular formula is C14H21N3O. The van der Waals surface area contributed by atoms with Crippen LogP contribution in [0.5, 0.6) is 0 Å². The third-order valence-electron chi connectivity index (χ3n) is 4.49. The van der Waals surface area contributed by atoms with Crippen LogP contribution in [0.4, 0.5) is 0 Å². The summed E-state index contributed by atoms with van der Waals surface area (Å²) >= 11 is 0. The summed E-state index contributed by atoms with van der Waals surface area (Å²) in [4.78, 5) is 4.19. The molecule has 2 heterocycles. The predicted molar refractivity (Wildman–Crippen MR) is 69.6 cm³/mol. The van der Waals surface area contributed by atoms with Crippen molar-refractivity contribution in [1.82, 2.24) is 10.4 Å². The molecule has 0 radical (unpaired) electrons. The molecule has 2 unspecified atom stereocenters. The van der Waals surface area contributed by atoms with Gasteiger partial charge < -0.3 is 4.74 Å². The van der Waals surface area contributed by atoms with E-state index < -0.39 is 0 Å². The van der Waals surface area contributed by atoms with E-state index in [2.05, 4.69) is 16.5 Å². The summed E-state index contributed by atoms with van der Waals surface area (Å²) in [6.45, 7) is 0.864. The van der Waals surface area contributed by atoms with E-state index in [-0.39, 0.29) is 11.6 Å². The van der Waals surface area contributed by atoms with Crippen LogP contribution < -0.4 is 11.3 Å². The van der Waals surface area contributed by atoms with E-state index in [9.17, 15) is 0 Å². The number of hydrogen-bond acceptors (Lipinski definition) is 4. The Morgan fingerprint density at radius 2 is 2.39 bits per heavy atom. The number of nitrogens with two attached hydrogens (primary N) is 1. The molecule has 98 valence electrons. The van der Waals surface area contributed by atoms with Gasteiger partial charge in [0.2, 0.25) is 0 Å². The SMILES string of the molecule is NNC(c1cccnc1)C1CCOC2(CCC2)C1. The average Bonchev–Trinajstić information content (AvgIpc) is 2.39. The fourth-order valence-electron chi connectivity index (χ4n) is 3.33. The largest absolute Gasteiger partial charge is 0.375 e. The highest BCUT2D eigenvalue weighted by Gasteiger charge is 2.44. The molecule has 1 aromatic rings. The predicted octanol–water partition coefficient (Wildman–Crippen LogP) is 1.94. The van der Waals surface area contributed by atoms with Gasteiger partial charge in [0, 0.05) is 19.0 Å². The van der Waals surface area contributed by atoms with Crippen LogP contribution in [0.1, 0.15) is 43.7 Å². The Morgan fingerprint density at radius 3 is 3.00 bits per heavy atom. The van der Waals surface area contributed by atoms with Crippen molar-refractivity contribution in [2.75, 3.05) is 6.61 Å². The summed E-state index contributed by atoms with van der Waals surface area (Å²) in [6, 6.07) is 4.26. The van der Waals surface area contributed by atoms with Gasteiger partial charge >= 0.3 is 0 Å². The second kappa shape index (κ2) is 4.96. The fourth-order valence-corrected chi connectivity index (χ4v) is 3.33. The number of rotatable bonds is 3. The van der Waals surface area contributed by atoms with Crippen LogP contribution in [0.2, 0.25) is 0 Å². The molecule has 1 aliphatic carbocycles.